The third-order valence-electron chi connectivity index (χ3n) is 1.67. The van der Waals surface area contributed by atoms with E-state index in [1.54, 1.807) is 0 Å². The van der Waals surface area contributed by atoms with Crippen molar-refractivity contribution in [2.45, 2.75) is 6.92 Å². The van der Waals surface area contributed by atoms with Crippen LogP contribution in [0.25, 0.3) is 0 Å². The average Bonchev–Trinajstić information content (AvgIpc) is 2.68. The summed E-state index contributed by atoms with van der Waals surface area (Å²) in [4.78, 5) is 6.47. The molecule has 0 N–H and O–H groups in total. The number of pyridine rings is 1. The topological polar surface area (TPSA) is 15.9 Å². The summed E-state index contributed by atoms with van der Waals surface area (Å²) in [6.07, 6.45) is 1.86. The van der Waals surface area contributed by atoms with Gasteiger partial charge in [0, 0.05) is 19.3 Å². The van der Waals surface area contributed by atoms with E-state index in [4.69, 9.17) is 0 Å². The summed E-state index contributed by atoms with van der Waals surface area (Å²) in [7, 11) is 0. The van der Waals surface area contributed by atoms with E-state index in [1.807, 2.05) is 12.3 Å². The zero-order chi connectivity index (χ0) is 6.97. The Morgan fingerprint density at radius 1 is 1.50 bits per heavy atom. The largest absolute Gasteiger partial charge is 0.353 e. The molecule has 0 spiro atoms. The molecule has 2 heterocycles. The van der Waals surface area contributed by atoms with Gasteiger partial charge in [-0.25, -0.2) is 4.98 Å². The van der Waals surface area contributed by atoms with Gasteiger partial charge in [0.2, 0.25) is 0 Å². The molecule has 2 heteroatoms. The van der Waals surface area contributed by atoms with Gasteiger partial charge in [-0.15, -0.1) is 0 Å². The molecular formula is C8H10N2. The van der Waals surface area contributed by atoms with Gasteiger partial charge in [-0.3, -0.25) is 0 Å². The Balaban J connectivity index is 2.32. The van der Waals surface area contributed by atoms with Gasteiger partial charge in [0.15, 0.2) is 0 Å². The number of aromatic nitrogens is 1. The van der Waals surface area contributed by atoms with Gasteiger partial charge in [0.25, 0.3) is 0 Å². The Labute approximate surface area is 60.5 Å². The maximum absolute atomic E-state index is 4.23. The van der Waals surface area contributed by atoms with Crippen molar-refractivity contribution >= 4 is 5.82 Å². The minimum Gasteiger partial charge on any atom is -0.353 e. The summed E-state index contributed by atoms with van der Waals surface area (Å²) < 4.78 is 0. The molecule has 2 rings (SSSR count). The standard InChI is InChI=1S/C8H10N2/c1-7-2-3-9-8(6-7)10-4-5-10/h2-3,6H,4-5H2,1H3. The highest BCUT2D eigenvalue weighted by Crippen LogP contribution is 2.17. The molecule has 1 fully saturated rings. The van der Waals surface area contributed by atoms with Crippen LogP contribution < -0.4 is 4.90 Å². The zero-order valence-electron chi connectivity index (χ0n) is 6.04. The highest BCUT2D eigenvalue weighted by Gasteiger charge is 2.18. The van der Waals surface area contributed by atoms with Crippen LogP contribution in [0.5, 0.6) is 0 Å². The van der Waals surface area contributed by atoms with Crippen molar-refractivity contribution in [3.8, 4) is 0 Å². The van der Waals surface area contributed by atoms with Crippen LogP contribution in [0, 0.1) is 6.92 Å². The summed E-state index contributed by atoms with van der Waals surface area (Å²) in [6, 6.07) is 4.14. The molecule has 1 aliphatic heterocycles. The summed E-state index contributed by atoms with van der Waals surface area (Å²) >= 11 is 0. The first-order valence-corrected chi connectivity index (χ1v) is 3.54. The van der Waals surface area contributed by atoms with Crippen molar-refractivity contribution in [1.29, 1.82) is 0 Å². The van der Waals surface area contributed by atoms with Crippen molar-refractivity contribution in [2.24, 2.45) is 0 Å². The van der Waals surface area contributed by atoms with Gasteiger partial charge in [0.05, 0.1) is 0 Å². The Kier molecular flexibility index (Phi) is 1.13. The highest BCUT2D eigenvalue weighted by molar-refractivity contribution is 5.45. The number of nitrogens with zero attached hydrogens (tertiary/aromatic N) is 2. The van der Waals surface area contributed by atoms with Gasteiger partial charge in [0.1, 0.15) is 5.82 Å². The molecule has 0 amide bonds. The second-order valence-corrected chi connectivity index (χ2v) is 2.68. The molecule has 0 atom stereocenters. The van der Waals surface area contributed by atoms with Crippen LogP contribution in [0.15, 0.2) is 18.3 Å². The van der Waals surface area contributed by atoms with Gasteiger partial charge in [-0.1, -0.05) is 0 Å². The number of hydrogen-bond donors (Lipinski definition) is 0. The molecule has 0 bridgehead atoms. The fraction of sp³-hybridized carbons (Fsp3) is 0.375. The fourth-order valence-electron chi connectivity index (χ4n) is 0.972. The summed E-state index contributed by atoms with van der Waals surface area (Å²) in [5.41, 5.74) is 1.29. The van der Waals surface area contributed by atoms with Crippen LogP contribution in [0.4, 0.5) is 5.82 Å². The minimum atomic E-state index is 1.13. The van der Waals surface area contributed by atoms with E-state index < -0.39 is 0 Å². The number of hydrogen-bond acceptors (Lipinski definition) is 2. The number of rotatable bonds is 1. The Morgan fingerprint density at radius 3 is 2.90 bits per heavy atom. The molecule has 0 unspecified atom stereocenters. The molecule has 10 heavy (non-hydrogen) atoms. The fourth-order valence-corrected chi connectivity index (χ4v) is 0.972. The SMILES string of the molecule is Cc1ccnc(N2CC2)c1. The molecule has 0 radical (unpaired) electrons. The van der Waals surface area contributed by atoms with Crippen LogP contribution in [0.2, 0.25) is 0 Å². The van der Waals surface area contributed by atoms with Gasteiger partial charge < -0.3 is 4.90 Å². The Bertz CT molecular complexity index is 241. The van der Waals surface area contributed by atoms with Crippen LogP contribution in [-0.4, -0.2) is 18.1 Å². The minimum absolute atomic E-state index is 1.13. The van der Waals surface area contributed by atoms with Crippen LogP contribution >= 0.6 is 0 Å². The molecule has 1 aliphatic rings. The third-order valence-corrected chi connectivity index (χ3v) is 1.67. The molecule has 2 nitrogen and oxygen atoms in total. The van der Waals surface area contributed by atoms with E-state index in [0.29, 0.717) is 0 Å². The van der Waals surface area contributed by atoms with E-state index >= 15 is 0 Å². The first-order valence-electron chi connectivity index (χ1n) is 3.54. The van der Waals surface area contributed by atoms with Crippen molar-refractivity contribution < 1.29 is 0 Å². The second kappa shape index (κ2) is 1.97. The van der Waals surface area contributed by atoms with E-state index in [-0.39, 0.29) is 0 Å². The van der Waals surface area contributed by atoms with Crippen molar-refractivity contribution in [3.63, 3.8) is 0 Å². The molecule has 0 saturated carbocycles. The van der Waals surface area contributed by atoms with E-state index in [9.17, 15) is 0 Å². The van der Waals surface area contributed by atoms with Crippen LogP contribution in [0.3, 0.4) is 0 Å². The lowest BCUT2D eigenvalue weighted by atomic mass is 10.3. The molecule has 52 valence electrons. The quantitative estimate of drug-likeness (QED) is 0.536. The normalized spacial score (nSPS) is 15.5. The summed E-state index contributed by atoms with van der Waals surface area (Å²) in [5, 5.41) is 0. The van der Waals surface area contributed by atoms with Crippen molar-refractivity contribution in [2.75, 3.05) is 18.0 Å². The predicted octanol–water partition coefficient (Wildman–Crippen LogP) is 1.21. The lowest BCUT2D eigenvalue weighted by Gasteiger charge is -2.00. The maximum Gasteiger partial charge on any atom is 0.128 e. The van der Waals surface area contributed by atoms with Gasteiger partial charge >= 0.3 is 0 Å². The Hall–Kier alpha value is -1.05. The predicted molar refractivity (Wildman–Crippen MR) is 41.2 cm³/mol. The van der Waals surface area contributed by atoms with Crippen molar-refractivity contribution in [3.05, 3.63) is 23.9 Å². The number of aryl methyl sites for hydroxylation is 1. The molecular weight excluding hydrogens is 124 g/mol. The zero-order valence-corrected chi connectivity index (χ0v) is 6.04. The monoisotopic (exact) mass is 134 g/mol. The number of anilines is 1. The summed E-state index contributed by atoms with van der Waals surface area (Å²) in [6.45, 7) is 4.45. The first-order chi connectivity index (χ1) is 4.86. The van der Waals surface area contributed by atoms with Gasteiger partial charge in [-0.05, 0) is 24.6 Å². The maximum atomic E-state index is 4.23. The first kappa shape index (κ1) is 5.71. The summed E-state index contributed by atoms with van der Waals surface area (Å²) in [5.74, 6) is 1.13. The molecule has 1 aromatic rings. The average molecular weight is 134 g/mol. The molecule has 1 aromatic heterocycles. The van der Waals surface area contributed by atoms with E-state index in [2.05, 4.69) is 22.9 Å². The second-order valence-electron chi connectivity index (χ2n) is 2.68. The highest BCUT2D eigenvalue weighted by atomic mass is 15.3. The third kappa shape index (κ3) is 0.967. The van der Waals surface area contributed by atoms with E-state index in [1.165, 1.54) is 18.7 Å². The molecule has 0 aromatic carbocycles. The van der Waals surface area contributed by atoms with E-state index in [0.717, 1.165) is 5.82 Å². The lowest BCUT2D eigenvalue weighted by Crippen LogP contribution is -1.93. The molecule has 0 aliphatic carbocycles. The Morgan fingerprint density at radius 2 is 2.30 bits per heavy atom. The smallest absolute Gasteiger partial charge is 0.128 e. The van der Waals surface area contributed by atoms with Crippen LogP contribution in [-0.2, 0) is 0 Å². The van der Waals surface area contributed by atoms with Crippen LogP contribution in [0.1, 0.15) is 5.56 Å². The van der Waals surface area contributed by atoms with Gasteiger partial charge in [-0.2, -0.15) is 0 Å². The van der Waals surface area contributed by atoms with Crippen molar-refractivity contribution in [1.82, 2.24) is 4.98 Å². The molecule has 1 saturated heterocycles. The lowest BCUT2D eigenvalue weighted by molar-refractivity contribution is 1.21.